The van der Waals surface area contributed by atoms with Crippen molar-refractivity contribution in [3.63, 3.8) is 0 Å². The Labute approximate surface area is 175 Å². The largest absolute Gasteiger partial charge is 0.494 e. The van der Waals surface area contributed by atoms with E-state index in [2.05, 4.69) is 35.1 Å². The van der Waals surface area contributed by atoms with Gasteiger partial charge in [0.15, 0.2) is 0 Å². The molecule has 0 saturated heterocycles. The highest BCUT2D eigenvalue weighted by molar-refractivity contribution is 9.10. The average Bonchev–Trinajstić information content (AvgIpc) is 2.64. The van der Waals surface area contributed by atoms with E-state index in [4.69, 9.17) is 4.74 Å². The first-order chi connectivity index (χ1) is 13.3. The zero-order valence-corrected chi connectivity index (χ0v) is 18.5. The Morgan fingerprint density at radius 1 is 1.25 bits per heavy atom. The van der Waals surface area contributed by atoms with Crippen LogP contribution in [0, 0.1) is 25.2 Å². The van der Waals surface area contributed by atoms with Crippen LogP contribution in [0.5, 0.6) is 5.75 Å². The van der Waals surface area contributed by atoms with Crippen molar-refractivity contribution >= 4 is 33.6 Å². The molecule has 1 N–H and O–H groups in total. The van der Waals surface area contributed by atoms with Gasteiger partial charge in [-0.1, -0.05) is 29.8 Å². The first kappa shape index (κ1) is 21.7. The zero-order valence-electron chi connectivity index (χ0n) is 16.9. The van der Waals surface area contributed by atoms with Crippen molar-refractivity contribution in [3.8, 4) is 11.8 Å². The molecular formula is C23H25BrN2O2. The number of nitriles is 1. The third-order valence-corrected chi connectivity index (χ3v) is 5.29. The maximum atomic E-state index is 12.6. The summed E-state index contributed by atoms with van der Waals surface area (Å²) < 4.78 is 6.71. The molecule has 146 valence electrons. The molecule has 0 radical (unpaired) electrons. The van der Waals surface area contributed by atoms with Gasteiger partial charge >= 0.3 is 0 Å². The molecule has 0 spiro atoms. The van der Waals surface area contributed by atoms with Crippen molar-refractivity contribution in [1.82, 2.24) is 0 Å². The topological polar surface area (TPSA) is 62.1 Å². The van der Waals surface area contributed by atoms with Crippen molar-refractivity contribution < 1.29 is 9.53 Å². The Morgan fingerprint density at radius 3 is 2.54 bits per heavy atom. The second-order valence-corrected chi connectivity index (χ2v) is 7.78. The second kappa shape index (κ2) is 9.57. The minimum Gasteiger partial charge on any atom is -0.494 e. The minimum atomic E-state index is -0.427. The van der Waals surface area contributed by atoms with E-state index in [1.165, 1.54) is 0 Å². The number of halogens is 1. The van der Waals surface area contributed by atoms with E-state index in [-0.39, 0.29) is 11.5 Å². The van der Waals surface area contributed by atoms with Gasteiger partial charge in [-0.25, -0.2) is 0 Å². The van der Waals surface area contributed by atoms with Crippen LogP contribution in [0.2, 0.25) is 0 Å². The monoisotopic (exact) mass is 440 g/mol. The minimum absolute atomic E-state index is 0.0579. The number of rotatable bonds is 6. The number of carbonyl (C=O) groups is 1. The summed E-state index contributed by atoms with van der Waals surface area (Å²) in [5.74, 6) is 0.684. The van der Waals surface area contributed by atoms with Gasteiger partial charge in [-0.05, 0) is 85.4 Å². The molecule has 2 rings (SSSR count). The molecule has 0 fully saturated rings. The quantitative estimate of drug-likeness (QED) is 0.433. The van der Waals surface area contributed by atoms with Gasteiger partial charge in [0.2, 0.25) is 0 Å². The maximum absolute atomic E-state index is 12.6. The molecule has 0 aliphatic rings. The lowest BCUT2D eigenvalue weighted by atomic mass is 9.95. The predicted molar refractivity (Wildman–Crippen MR) is 118 cm³/mol. The Morgan fingerprint density at radius 2 is 1.96 bits per heavy atom. The van der Waals surface area contributed by atoms with E-state index in [0.717, 1.165) is 32.5 Å². The smallest absolute Gasteiger partial charge is 0.266 e. The molecule has 0 aliphatic carbocycles. The van der Waals surface area contributed by atoms with Gasteiger partial charge in [0.25, 0.3) is 5.91 Å². The van der Waals surface area contributed by atoms with Crippen LogP contribution in [-0.4, -0.2) is 12.5 Å². The van der Waals surface area contributed by atoms with Crippen molar-refractivity contribution in [3.05, 3.63) is 62.6 Å². The van der Waals surface area contributed by atoms with Crippen LogP contribution in [0.15, 0.2) is 40.4 Å². The number of nitrogens with zero attached hydrogens (tertiary/aromatic N) is 1. The van der Waals surface area contributed by atoms with Crippen LogP contribution in [0.25, 0.3) is 6.08 Å². The number of nitrogens with one attached hydrogen (secondary N) is 1. The standard InChI is InChI=1S/C23H25BrN2O2/c1-6-28-22-10-15(4)17(12-20(22)14(2)3)11-18(13-25)23(27)26-19-7-8-21(24)16(5)9-19/h7-12,14H,6H2,1-5H3,(H,26,27)/b18-11+. The molecule has 28 heavy (non-hydrogen) atoms. The molecule has 5 heteroatoms. The highest BCUT2D eigenvalue weighted by atomic mass is 79.9. The molecular weight excluding hydrogens is 416 g/mol. The number of aryl methyl sites for hydroxylation is 2. The van der Waals surface area contributed by atoms with Crippen molar-refractivity contribution in [1.29, 1.82) is 5.26 Å². The van der Waals surface area contributed by atoms with Gasteiger partial charge in [-0.2, -0.15) is 5.26 Å². The zero-order chi connectivity index (χ0) is 20.8. The van der Waals surface area contributed by atoms with Crippen molar-refractivity contribution in [2.24, 2.45) is 0 Å². The Bertz CT molecular complexity index is 956. The van der Waals surface area contributed by atoms with Gasteiger partial charge in [-0.3, -0.25) is 4.79 Å². The first-order valence-corrected chi connectivity index (χ1v) is 10.0. The van der Waals surface area contributed by atoms with Crippen molar-refractivity contribution in [2.45, 2.75) is 40.5 Å². The molecule has 0 bridgehead atoms. The van der Waals surface area contributed by atoms with Crippen molar-refractivity contribution in [2.75, 3.05) is 11.9 Å². The van der Waals surface area contributed by atoms with Crippen LogP contribution in [0.4, 0.5) is 5.69 Å². The fourth-order valence-corrected chi connectivity index (χ4v) is 3.07. The normalized spacial score (nSPS) is 11.3. The SMILES string of the molecule is CCOc1cc(C)c(/C=C(\C#N)C(=O)Nc2ccc(Br)c(C)c2)cc1C(C)C. The van der Waals surface area contributed by atoms with Gasteiger partial charge in [0, 0.05) is 10.2 Å². The van der Waals surface area contributed by atoms with E-state index >= 15 is 0 Å². The van der Waals surface area contributed by atoms with E-state index in [1.54, 1.807) is 12.1 Å². The van der Waals surface area contributed by atoms with E-state index in [1.807, 2.05) is 51.1 Å². The predicted octanol–water partition coefficient (Wildman–Crippen LogP) is 6.13. The Balaban J connectivity index is 2.37. The molecule has 2 aromatic rings. The third kappa shape index (κ3) is 5.24. The summed E-state index contributed by atoms with van der Waals surface area (Å²) in [7, 11) is 0. The number of amides is 1. The molecule has 0 atom stereocenters. The Kier molecular flexibility index (Phi) is 7.42. The van der Waals surface area contributed by atoms with E-state index in [0.29, 0.717) is 12.3 Å². The van der Waals surface area contributed by atoms with Crippen LogP contribution in [0.1, 0.15) is 48.9 Å². The lowest BCUT2D eigenvalue weighted by Gasteiger charge is -2.16. The molecule has 0 saturated carbocycles. The molecule has 1 amide bonds. The van der Waals surface area contributed by atoms with Crippen LogP contribution < -0.4 is 10.1 Å². The lowest BCUT2D eigenvalue weighted by Crippen LogP contribution is -2.13. The summed E-state index contributed by atoms with van der Waals surface area (Å²) in [6, 6.07) is 11.5. The number of benzene rings is 2. The summed E-state index contributed by atoms with van der Waals surface area (Å²) in [6.07, 6.45) is 1.64. The van der Waals surface area contributed by atoms with Crippen LogP contribution >= 0.6 is 15.9 Å². The second-order valence-electron chi connectivity index (χ2n) is 6.92. The summed E-state index contributed by atoms with van der Waals surface area (Å²) in [6.45, 7) is 10.6. The fraction of sp³-hybridized carbons (Fsp3) is 0.304. The Hall–Kier alpha value is -2.58. The summed E-state index contributed by atoms with van der Waals surface area (Å²) in [4.78, 5) is 12.6. The molecule has 0 heterocycles. The average molecular weight is 441 g/mol. The molecule has 4 nitrogen and oxygen atoms in total. The summed E-state index contributed by atoms with van der Waals surface area (Å²) in [5, 5.41) is 12.3. The van der Waals surface area contributed by atoms with Crippen LogP contribution in [-0.2, 0) is 4.79 Å². The number of anilines is 1. The van der Waals surface area contributed by atoms with Crippen LogP contribution in [0.3, 0.4) is 0 Å². The van der Waals surface area contributed by atoms with E-state index in [9.17, 15) is 10.1 Å². The molecule has 0 aromatic heterocycles. The maximum Gasteiger partial charge on any atom is 0.266 e. The van der Waals surface area contributed by atoms with Gasteiger partial charge in [-0.15, -0.1) is 0 Å². The van der Waals surface area contributed by atoms with Gasteiger partial charge in [0.05, 0.1) is 6.61 Å². The van der Waals surface area contributed by atoms with E-state index < -0.39 is 5.91 Å². The highest BCUT2D eigenvalue weighted by Gasteiger charge is 2.14. The highest BCUT2D eigenvalue weighted by Crippen LogP contribution is 2.31. The summed E-state index contributed by atoms with van der Waals surface area (Å²) in [5.41, 5.74) is 4.56. The molecule has 0 unspecified atom stereocenters. The fourth-order valence-electron chi connectivity index (χ4n) is 2.83. The van der Waals surface area contributed by atoms with Gasteiger partial charge in [0.1, 0.15) is 17.4 Å². The number of ether oxygens (including phenoxy) is 1. The number of carbonyl (C=O) groups excluding carboxylic acids is 1. The lowest BCUT2D eigenvalue weighted by molar-refractivity contribution is -0.112. The first-order valence-electron chi connectivity index (χ1n) is 9.23. The third-order valence-electron chi connectivity index (χ3n) is 4.40. The van der Waals surface area contributed by atoms with Gasteiger partial charge < -0.3 is 10.1 Å². The number of hydrogen-bond donors (Lipinski definition) is 1. The molecule has 2 aromatic carbocycles. The summed E-state index contributed by atoms with van der Waals surface area (Å²) >= 11 is 3.44. The number of hydrogen-bond acceptors (Lipinski definition) is 3. The molecule has 0 aliphatic heterocycles.